The number of carbonyl (C=O) groups is 7. The third kappa shape index (κ3) is 12.4. The van der Waals surface area contributed by atoms with Crippen LogP contribution >= 0.6 is 0 Å². The van der Waals surface area contributed by atoms with Gasteiger partial charge in [0.1, 0.15) is 18.2 Å². The number of ether oxygens (including phenoxy) is 5. The molecule has 0 radical (unpaired) electrons. The molecule has 5 amide bonds. The van der Waals surface area contributed by atoms with Crippen LogP contribution in [0.2, 0.25) is 0 Å². The molecule has 1 aromatic rings. The van der Waals surface area contributed by atoms with Crippen molar-refractivity contribution in [2.75, 3.05) is 58.0 Å². The van der Waals surface area contributed by atoms with Crippen LogP contribution < -0.4 is 16.0 Å². The molecular weight excluding hydrogens is 829 g/mol. The van der Waals surface area contributed by atoms with E-state index >= 15 is 0 Å². The number of nitrogens with zero attached hydrogens (tertiary/aromatic N) is 1. The summed E-state index contributed by atoms with van der Waals surface area (Å²) in [4.78, 5) is 89.5. The minimum absolute atomic E-state index is 0.00686. The smallest absolute Gasteiger partial charge is 0.311 e. The molecular formula is C47H64N4O13. The second kappa shape index (κ2) is 22.3. The Kier molecular flexibility index (Phi) is 16.9. The Labute approximate surface area is 374 Å². The Hall–Kier alpha value is -4.97. The Morgan fingerprint density at radius 2 is 1.66 bits per heavy atom. The van der Waals surface area contributed by atoms with Gasteiger partial charge in [-0.25, -0.2) is 0 Å². The highest BCUT2D eigenvalue weighted by Gasteiger charge is 2.46. The van der Waals surface area contributed by atoms with Crippen LogP contribution in [-0.4, -0.2) is 129 Å². The van der Waals surface area contributed by atoms with E-state index in [2.05, 4.69) is 48.0 Å². The number of benzene rings is 1. The average Bonchev–Trinajstić information content (AvgIpc) is 3.49. The molecule has 17 heteroatoms. The topological polar surface area (TPSA) is 225 Å². The number of aliphatic hydroxyl groups is 1. The molecule has 0 aromatic heterocycles. The maximum absolute atomic E-state index is 13.7. The van der Waals surface area contributed by atoms with Gasteiger partial charge >= 0.3 is 11.9 Å². The van der Waals surface area contributed by atoms with Gasteiger partial charge in [-0.15, -0.1) is 0 Å². The van der Waals surface area contributed by atoms with E-state index in [1.165, 1.54) is 11.6 Å². The summed E-state index contributed by atoms with van der Waals surface area (Å²) in [6.45, 7) is 10.4. The van der Waals surface area contributed by atoms with Gasteiger partial charge in [-0.05, 0) is 81.4 Å². The molecule has 2 saturated heterocycles. The molecule has 2 fully saturated rings. The number of rotatable bonds is 22. The number of piperidine rings is 1. The third-order valence-electron chi connectivity index (χ3n) is 12.8. The predicted molar refractivity (Wildman–Crippen MR) is 231 cm³/mol. The van der Waals surface area contributed by atoms with E-state index in [-0.39, 0.29) is 90.5 Å². The summed E-state index contributed by atoms with van der Waals surface area (Å²) in [5.41, 5.74) is 1.11. The maximum atomic E-state index is 13.7. The monoisotopic (exact) mass is 892 g/mol. The molecule has 0 spiro atoms. The summed E-state index contributed by atoms with van der Waals surface area (Å²) in [7, 11) is 0. The van der Waals surface area contributed by atoms with Crippen LogP contribution in [0, 0.1) is 29.1 Å². The van der Waals surface area contributed by atoms with Gasteiger partial charge in [0.05, 0.1) is 68.7 Å². The zero-order valence-corrected chi connectivity index (χ0v) is 37.4. The lowest BCUT2D eigenvalue weighted by molar-refractivity contribution is -0.166. The van der Waals surface area contributed by atoms with Crippen molar-refractivity contribution >= 4 is 47.2 Å². The first-order chi connectivity index (χ1) is 30.6. The zero-order chi connectivity index (χ0) is 46.0. The van der Waals surface area contributed by atoms with Gasteiger partial charge in [-0.1, -0.05) is 38.1 Å². The van der Waals surface area contributed by atoms with Gasteiger partial charge < -0.3 is 39.4 Å². The summed E-state index contributed by atoms with van der Waals surface area (Å²) in [5.74, 6) is -2.48. The highest BCUT2D eigenvalue weighted by atomic mass is 16.6. The van der Waals surface area contributed by atoms with Crippen molar-refractivity contribution in [3.63, 3.8) is 0 Å². The quantitative estimate of drug-likeness (QED) is 0.0742. The number of imide groups is 2. The first-order valence-electron chi connectivity index (χ1n) is 22.7. The molecule has 1 aromatic carbocycles. The number of carbonyl (C=O) groups excluding carboxylic acids is 7. The number of amides is 5. The Morgan fingerprint density at radius 3 is 2.38 bits per heavy atom. The fourth-order valence-corrected chi connectivity index (χ4v) is 9.28. The molecule has 5 aliphatic rings. The summed E-state index contributed by atoms with van der Waals surface area (Å²) in [6.07, 6.45) is 8.47. The van der Waals surface area contributed by atoms with Crippen molar-refractivity contribution < 1.29 is 62.4 Å². The molecule has 0 saturated carbocycles. The number of allylic oxidation sites excluding steroid dienone is 3. The van der Waals surface area contributed by atoms with Gasteiger partial charge in [0.2, 0.25) is 17.7 Å². The first-order valence-corrected chi connectivity index (χ1v) is 22.7. The highest BCUT2D eigenvalue weighted by molar-refractivity contribution is 6.25. The Balaban J connectivity index is 0.812. The van der Waals surface area contributed by atoms with E-state index in [4.69, 9.17) is 23.7 Å². The SMILES string of the molecule is C[C@H]1C=C2C=C[C@H](C)[C@H](CC[C@@H]3C[C@@H](O)CC(=O)O3)[C@H]2[C@@H](OC(=O)C(C)(C)CCC(=O)NCCOCCOCCOCCNc2cccc3c2C(=O)N(C2CCC(=O)NC2=O)C3=O)C1. The third-order valence-corrected chi connectivity index (χ3v) is 12.8. The molecule has 4 N–H and O–H groups in total. The second-order valence-electron chi connectivity index (χ2n) is 18.2. The van der Waals surface area contributed by atoms with Crippen molar-refractivity contribution in [2.45, 2.75) is 110 Å². The van der Waals surface area contributed by atoms with Gasteiger partial charge in [-0.2, -0.15) is 0 Å². The number of nitrogens with one attached hydrogen (secondary N) is 3. The summed E-state index contributed by atoms with van der Waals surface area (Å²) in [5, 5.41) is 18.3. The molecule has 8 atom stereocenters. The van der Waals surface area contributed by atoms with E-state index in [9.17, 15) is 38.7 Å². The van der Waals surface area contributed by atoms with E-state index < -0.39 is 41.2 Å². The molecule has 17 nitrogen and oxygen atoms in total. The number of anilines is 1. The van der Waals surface area contributed by atoms with Gasteiger partial charge in [0.25, 0.3) is 11.8 Å². The molecule has 6 rings (SSSR count). The van der Waals surface area contributed by atoms with Crippen molar-refractivity contribution in [1.82, 2.24) is 15.5 Å². The van der Waals surface area contributed by atoms with Gasteiger partial charge in [-0.3, -0.25) is 43.8 Å². The van der Waals surface area contributed by atoms with E-state index in [0.29, 0.717) is 84.1 Å². The lowest BCUT2D eigenvalue weighted by Crippen LogP contribution is -2.54. The maximum Gasteiger partial charge on any atom is 0.311 e. The molecule has 64 heavy (non-hydrogen) atoms. The van der Waals surface area contributed by atoms with Gasteiger partial charge in [0.15, 0.2) is 0 Å². The van der Waals surface area contributed by atoms with Gasteiger partial charge in [0, 0.05) is 44.0 Å². The van der Waals surface area contributed by atoms with Crippen LogP contribution in [0.15, 0.2) is 42.0 Å². The fraction of sp³-hybridized carbons (Fsp3) is 0.638. The van der Waals surface area contributed by atoms with Crippen LogP contribution in [0.5, 0.6) is 0 Å². The van der Waals surface area contributed by atoms with Crippen LogP contribution in [0.4, 0.5) is 5.69 Å². The molecule has 3 heterocycles. The minimum atomic E-state index is -1.03. The van der Waals surface area contributed by atoms with Crippen molar-refractivity contribution in [2.24, 2.45) is 29.1 Å². The number of esters is 2. The van der Waals surface area contributed by atoms with Crippen molar-refractivity contribution in [3.05, 3.63) is 53.1 Å². The lowest BCUT2D eigenvalue weighted by Gasteiger charge is -2.44. The highest BCUT2D eigenvalue weighted by Crippen LogP contribution is 2.46. The standard InChI is InChI=1S/C47H64N4O13/c1-28-24-30-9-8-29(2)33(11-10-32-26-31(52)27-40(55)63-32)41(30)37(25-28)64-46(59)47(3,4)15-14-38(53)49-17-19-61-21-23-62-22-20-60-18-16-48-35-7-5-6-34-42(35)45(58)51(44(34)57)36-12-13-39(54)50-43(36)56/h5-9,24,28-29,31-33,36-37,41,48,52H,10-23,25-27H2,1-4H3,(H,49,53)(H,50,54,56)/t28-,29-,31+,32+,33-,36?,37-,41-/m0/s1. The van der Waals surface area contributed by atoms with Crippen molar-refractivity contribution in [1.29, 1.82) is 0 Å². The average molecular weight is 893 g/mol. The van der Waals surface area contributed by atoms with Crippen LogP contribution in [-0.2, 0) is 47.7 Å². The van der Waals surface area contributed by atoms with E-state index in [1.807, 2.05) is 13.8 Å². The van der Waals surface area contributed by atoms with E-state index in [1.54, 1.807) is 12.1 Å². The zero-order valence-electron chi connectivity index (χ0n) is 37.4. The molecule has 3 aliphatic heterocycles. The number of hydrogen-bond donors (Lipinski definition) is 4. The second-order valence-corrected chi connectivity index (χ2v) is 18.2. The Morgan fingerprint density at radius 1 is 0.938 bits per heavy atom. The van der Waals surface area contributed by atoms with Crippen LogP contribution in [0.1, 0.15) is 106 Å². The van der Waals surface area contributed by atoms with Crippen LogP contribution in [0.3, 0.4) is 0 Å². The number of cyclic esters (lactones) is 1. The molecule has 2 aliphatic carbocycles. The summed E-state index contributed by atoms with van der Waals surface area (Å²) >= 11 is 0. The summed E-state index contributed by atoms with van der Waals surface area (Å²) < 4.78 is 28.6. The lowest BCUT2D eigenvalue weighted by atomic mass is 9.65. The largest absolute Gasteiger partial charge is 0.462 e. The Bertz CT molecular complexity index is 1960. The fourth-order valence-electron chi connectivity index (χ4n) is 9.28. The minimum Gasteiger partial charge on any atom is -0.462 e. The summed E-state index contributed by atoms with van der Waals surface area (Å²) in [6, 6.07) is 3.84. The number of hydrogen-bond acceptors (Lipinski definition) is 14. The normalized spacial score (nSPS) is 26.7. The van der Waals surface area contributed by atoms with E-state index in [0.717, 1.165) is 11.3 Å². The van der Waals surface area contributed by atoms with Crippen molar-refractivity contribution in [3.8, 4) is 0 Å². The predicted octanol–water partition coefficient (Wildman–Crippen LogP) is 3.64. The molecule has 350 valence electrons. The molecule has 1 unspecified atom stereocenters. The van der Waals surface area contributed by atoms with Crippen LogP contribution in [0.25, 0.3) is 0 Å². The first kappa shape index (κ1) is 48.5. The number of aliphatic hydroxyl groups excluding tert-OH is 1. The number of fused-ring (bicyclic) bond motifs is 2. The molecule has 0 bridgehead atoms.